The Morgan fingerprint density at radius 1 is 0.562 bits per heavy atom. The molecule has 1 nitrogen and oxygen atoms in total. The number of benzene rings is 5. The van der Waals surface area contributed by atoms with Crippen LogP contribution in [0.1, 0.15) is 16.7 Å². The molecule has 152 valence electrons. The molecule has 0 fully saturated rings. The van der Waals surface area contributed by atoms with Gasteiger partial charge in [-0.25, -0.2) is 0 Å². The van der Waals surface area contributed by atoms with E-state index in [0.717, 1.165) is 0 Å². The SMILES string of the molecule is Cc1cc(C)c(-c2ccc3c(c2)c2cccc4c5c6ccccc6ccc5n3c24)c(C)c1. The van der Waals surface area contributed by atoms with Crippen molar-refractivity contribution >= 4 is 48.9 Å². The van der Waals surface area contributed by atoms with Gasteiger partial charge in [-0.2, -0.15) is 0 Å². The number of fused-ring (bicyclic) bond motifs is 8. The van der Waals surface area contributed by atoms with Gasteiger partial charge >= 0.3 is 0 Å². The topological polar surface area (TPSA) is 4.41 Å². The average Bonchev–Trinajstić information content (AvgIpc) is 3.30. The number of nitrogens with zero attached hydrogens (tertiary/aromatic N) is 1. The van der Waals surface area contributed by atoms with Gasteiger partial charge in [0.2, 0.25) is 0 Å². The molecule has 5 aromatic carbocycles. The summed E-state index contributed by atoms with van der Waals surface area (Å²) in [7, 11) is 0. The first-order valence-corrected chi connectivity index (χ1v) is 11.3. The summed E-state index contributed by atoms with van der Waals surface area (Å²) in [4.78, 5) is 0. The number of aryl methyl sites for hydroxylation is 3. The maximum atomic E-state index is 2.47. The van der Waals surface area contributed by atoms with Gasteiger partial charge in [0.25, 0.3) is 0 Å². The smallest absolute Gasteiger partial charge is 0.0620 e. The highest BCUT2D eigenvalue weighted by atomic mass is 14.9. The number of hydrogen-bond donors (Lipinski definition) is 0. The fraction of sp³-hybridized carbons (Fsp3) is 0.0968. The van der Waals surface area contributed by atoms with Crippen LogP contribution in [0.4, 0.5) is 0 Å². The molecule has 0 unspecified atom stereocenters. The van der Waals surface area contributed by atoms with Crippen LogP contribution < -0.4 is 0 Å². The van der Waals surface area contributed by atoms with Crippen molar-refractivity contribution < 1.29 is 0 Å². The lowest BCUT2D eigenvalue weighted by Gasteiger charge is -2.12. The van der Waals surface area contributed by atoms with Crippen LogP contribution in [0.15, 0.2) is 84.9 Å². The van der Waals surface area contributed by atoms with Crippen molar-refractivity contribution in [3.63, 3.8) is 0 Å². The zero-order valence-electron chi connectivity index (χ0n) is 18.5. The van der Waals surface area contributed by atoms with Gasteiger partial charge in [-0.05, 0) is 72.0 Å². The minimum absolute atomic E-state index is 1.28. The lowest BCUT2D eigenvalue weighted by Crippen LogP contribution is -1.90. The summed E-state index contributed by atoms with van der Waals surface area (Å²) in [5.74, 6) is 0. The highest BCUT2D eigenvalue weighted by molar-refractivity contribution is 6.28. The Morgan fingerprint density at radius 2 is 1.28 bits per heavy atom. The summed E-state index contributed by atoms with van der Waals surface area (Å²) in [6.07, 6.45) is 0. The zero-order valence-corrected chi connectivity index (χ0v) is 18.5. The van der Waals surface area contributed by atoms with Gasteiger partial charge in [-0.15, -0.1) is 0 Å². The molecular weight excluding hydrogens is 386 g/mol. The van der Waals surface area contributed by atoms with Crippen molar-refractivity contribution in [2.24, 2.45) is 0 Å². The molecule has 0 aliphatic carbocycles. The van der Waals surface area contributed by atoms with Crippen LogP contribution in [0.5, 0.6) is 0 Å². The largest absolute Gasteiger partial charge is 0.308 e. The first-order chi connectivity index (χ1) is 15.6. The zero-order chi connectivity index (χ0) is 21.6. The van der Waals surface area contributed by atoms with Crippen LogP contribution in [-0.4, -0.2) is 4.40 Å². The van der Waals surface area contributed by atoms with Gasteiger partial charge < -0.3 is 4.40 Å². The van der Waals surface area contributed by atoms with Crippen LogP contribution in [0.2, 0.25) is 0 Å². The molecule has 0 radical (unpaired) electrons. The molecule has 0 spiro atoms. The van der Waals surface area contributed by atoms with Crippen LogP contribution in [0.25, 0.3) is 60.0 Å². The molecule has 0 amide bonds. The summed E-state index contributed by atoms with van der Waals surface area (Å²) in [5, 5.41) is 8.00. The maximum Gasteiger partial charge on any atom is 0.0620 e. The van der Waals surface area contributed by atoms with Crippen molar-refractivity contribution in [1.29, 1.82) is 0 Å². The van der Waals surface area contributed by atoms with Crippen LogP contribution in [0.3, 0.4) is 0 Å². The van der Waals surface area contributed by atoms with E-state index in [2.05, 4.69) is 110 Å². The molecule has 1 heteroatoms. The molecular formula is C31H23N. The first kappa shape index (κ1) is 17.8. The predicted molar refractivity (Wildman–Crippen MR) is 138 cm³/mol. The minimum Gasteiger partial charge on any atom is -0.308 e. The van der Waals surface area contributed by atoms with Crippen LogP contribution >= 0.6 is 0 Å². The molecule has 7 aromatic rings. The van der Waals surface area contributed by atoms with E-state index in [1.54, 1.807) is 0 Å². The highest BCUT2D eigenvalue weighted by Gasteiger charge is 2.19. The van der Waals surface area contributed by atoms with E-state index < -0.39 is 0 Å². The van der Waals surface area contributed by atoms with Crippen LogP contribution in [0, 0.1) is 20.8 Å². The van der Waals surface area contributed by atoms with E-state index in [0.29, 0.717) is 0 Å². The Bertz CT molecular complexity index is 1830. The average molecular weight is 410 g/mol. The number of rotatable bonds is 1. The van der Waals surface area contributed by atoms with E-state index in [1.807, 2.05) is 0 Å². The monoisotopic (exact) mass is 409 g/mol. The third kappa shape index (κ3) is 2.18. The summed E-state index contributed by atoms with van der Waals surface area (Å²) in [6.45, 7) is 6.63. The first-order valence-electron chi connectivity index (χ1n) is 11.3. The molecule has 0 saturated heterocycles. The van der Waals surface area contributed by atoms with Gasteiger partial charge in [0.1, 0.15) is 0 Å². The summed E-state index contributed by atoms with van der Waals surface area (Å²) in [5.41, 5.74) is 10.6. The third-order valence-electron chi connectivity index (χ3n) is 7.17. The molecule has 0 saturated carbocycles. The fourth-order valence-electron chi connectivity index (χ4n) is 6.04. The molecule has 2 aromatic heterocycles. The van der Waals surface area contributed by atoms with E-state index in [4.69, 9.17) is 0 Å². The molecule has 0 atom stereocenters. The van der Waals surface area contributed by atoms with Gasteiger partial charge in [0.15, 0.2) is 0 Å². The summed E-state index contributed by atoms with van der Waals surface area (Å²) in [6, 6.07) is 31.6. The van der Waals surface area contributed by atoms with Crippen LogP contribution in [-0.2, 0) is 0 Å². The number of aromatic nitrogens is 1. The summed E-state index contributed by atoms with van der Waals surface area (Å²) >= 11 is 0. The van der Waals surface area contributed by atoms with E-state index >= 15 is 0 Å². The maximum absolute atomic E-state index is 2.47. The normalized spacial score (nSPS) is 12.2. The van der Waals surface area contributed by atoms with Crippen molar-refractivity contribution in [2.45, 2.75) is 20.8 Å². The van der Waals surface area contributed by atoms with Gasteiger partial charge in [0, 0.05) is 21.5 Å². The quantitative estimate of drug-likeness (QED) is 0.256. The molecule has 0 aliphatic heterocycles. The van der Waals surface area contributed by atoms with E-state index in [9.17, 15) is 0 Å². The van der Waals surface area contributed by atoms with Gasteiger partial charge in [-0.1, -0.05) is 72.3 Å². The van der Waals surface area contributed by atoms with Crippen molar-refractivity contribution in [2.75, 3.05) is 0 Å². The fourth-order valence-corrected chi connectivity index (χ4v) is 6.04. The van der Waals surface area contributed by atoms with Gasteiger partial charge in [0.05, 0.1) is 16.6 Å². The lowest BCUT2D eigenvalue weighted by atomic mass is 9.93. The third-order valence-corrected chi connectivity index (χ3v) is 7.17. The Balaban J connectivity index is 1.64. The number of para-hydroxylation sites is 1. The predicted octanol–water partition coefficient (Wildman–Crippen LogP) is 8.58. The molecule has 0 aliphatic rings. The highest BCUT2D eigenvalue weighted by Crippen LogP contribution is 2.42. The second-order valence-electron chi connectivity index (χ2n) is 9.22. The van der Waals surface area contributed by atoms with Crippen molar-refractivity contribution in [3.05, 3.63) is 102 Å². The Hall–Kier alpha value is -3.84. The Kier molecular flexibility index (Phi) is 3.40. The molecule has 0 N–H and O–H groups in total. The molecule has 32 heavy (non-hydrogen) atoms. The molecule has 0 bridgehead atoms. The Morgan fingerprint density at radius 3 is 2.12 bits per heavy atom. The Labute approximate surface area is 186 Å². The minimum atomic E-state index is 1.28. The second kappa shape index (κ2) is 6.11. The summed E-state index contributed by atoms with van der Waals surface area (Å²) < 4.78 is 2.47. The molecule has 7 rings (SSSR count). The van der Waals surface area contributed by atoms with E-state index in [-0.39, 0.29) is 0 Å². The second-order valence-corrected chi connectivity index (χ2v) is 9.22. The number of hydrogen-bond acceptors (Lipinski definition) is 0. The van der Waals surface area contributed by atoms with Crippen molar-refractivity contribution in [1.82, 2.24) is 4.40 Å². The molecule has 2 heterocycles. The lowest BCUT2D eigenvalue weighted by molar-refractivity contribution is 1.32. The van der Waals surface area contributed by atoms with Crippen molar-refractivity contribution in [3.8, 4) is 11.1 Å². The van der Waals surface area contributed by atoms with Gasteiger partial charge in [-0.3, -0.25) is 0 Å². The van der Waals surface area contributed by atoms with E-state index in [1.165, 1.54) is 76.7 Å². The standard InChI is InChI=1S/C31H23N/c1-18-15-19(2)29(20(3)16-18)22-12-13-27-26(17-22)24-9-6-10-25-30-23-8-5-4-7-21(23)11-14-28(30)32(27)31(24)25/h4-17H,1-3H3.